The normalized spacial score (nSPS) is 13.5. The van der Waals surface area contributed by atoms with Crippen LogP contribution in [-0.4, -0.2) is 0 Å². The quantitative estimate of drug-likeness (QED) is 0.587. The van der Waals surface area contributed by atoms with Crippen molar-refractivity contribution >= 4 is 0 Å². The first kappa shape index (κ1) is 12.2. The highest BCUT2D eigenvalue weighted by Gasteiger charge is 2.24. The molecule has 1 nitrogen and oxygen atoms in total. The molecule has 0 amide bonds. The summed E-state index contributed by atoms with van der Waals surface area (Å²) in [6.07, 6.45) is 3.22. The standard InChI is InChI=1S/C12H21N/c1-6-12(5,7-2)8-11(9-13)10(3)4/h11H,3,6-8H2,1-2,4-5H3. The maximum atomic E-state index is 8.94. The van der Waals surface area contributed by atoms with E-state index in [9.17, 15) is 0 Å². The molecule has 0 spiro atoms. The van der Waals surface area contributed by atoms with Crippen molar-refractivity contribution in [2.45, 2.75) is 47.0 Å². The molecular weight excluding hydrogens is 158 g/mol. The highest BCUT2D eigenvalue weighted by Crippen LogP contribution is 2.34. The van der Waals surface area contributed by atoms with E-state index in [4.69, 9.17) is 5.26 Å². The highest BCUT2D eigenvalue weighted by molar-refractivity contribution is 5.08. The Bertz CT molecular complexity index is 206. The van der Waals surface area contributed by atoms with Crippen LogP contribution in [0.25, 0.3) is 0 Å². The van der Waals surface area contributed by atoms with Gasteiger partial charge < -0.3 is 0 Å². The summed E-state index contributed by atoms with van der Waals surface area (Å²) in [5.41, 5.74) is 1.30. The molecule has 0 aromatic carbocycles. The van der Waals surface area contributed by atoms with Crippen molar-refractivity contribution in [2.24, 2.45) is 11.3 Å². The van der Waals surface area contributed by atoms with Gasteiger partial charge in [-0.2, -0.15) is 5.26 Å². The zero-order valence-corrected chi connectivity index (χ0v) is 9.35. The van der Waals surface area contributed by atoms with E-state index < -0.39 is 0 Å². The molecule has 13 heavy (non-hydrogen) atoms. The van der Waals surface area contributed by atoms with Gasteiger partial charge in [-0.3, -0.25) is 0 Å². The molecule has 0 saturated heterocycles. The predicted molar refractivity (Wildman–Crippen MR) is 57.2 cm³/mol. The van der Waals surface area contributed by atoms with E-state index in [2.05, 4.69) is 33.4 Å². The first-order chi connectivity index (χ1) is 5.99. The van der Waals surface area contributed by atoms with Gasteiger partial charge in [-0.1, -0.05) is 45.8 Å². The molecule has 0 fully saturated rings. The molecule has 0 aliphatic rings. The Morgan fingerprint density at radius 2 is 1.92 bits per heavy atom. The third kappa shape index (κ3) is 3.63. The van der Waals surface area contributed by atoms with E-state index in [1.807, 2.05) is 6.92 Å². The fourth-order valence-electron chi connectivity index (χ4n) is 1.36. The second-order valence-electron chi connectivity index (χ2n) is 4.25. The van der Waals surface area contributed by atoms with Crippen LogP contribution in [0.2, 0.25) is 0 Å². The number of allylic oxidation sites excluding steroid dienone is 1. The molecule has 1 atom stereocenters. The van der Waals surface area contributed by atoms with Crippen LogP contribution in [0.1, 0.15) is 47.0 Å². The summed E-state index contributed by atoms with van der Waals surface area (Å²) in [4.78, 5) is 0. The molecule has 1 heteroatoms. The zero-order valence-electron chi connectivity index (χ0n) is 9.35. The van der Waals surface area contributed by atoms with Crippen molar-refractivity contribution < 1.29 is 0 Å². The molecule has 0 aliphatic carbocycles. The van der Waals surface area contributed by atoms with E-state index in [-0.39, 0.29) is 5.92 Å². The van der Waals surface area contributed by atoms with Gasteiger partial charge in [0, 0.05) is 0 Å². The lowest BCUT2D eigenvalue weighted by molar-refractivity contribution is 0.254. The lowest BCUT2D eigenvalue weighted by Gasteiger charge is -2.28. The zero-order chi connectivity index (χ0) is 10.5. The van der Waals surface area contributed by atoms with Gasteiger partial charge in [-0.25, -0.2) is 0 Å². The van der Waals surface area contributed by atoms with Crippen molar-refractivity contribution in [2.75, 3.05) is 0 Å². The Labute approximate surface area is 82.5 Å². The minimum atomic E-state index is 0.0323. The van der Waals surface area contributed by atoms with E-state index in [0.29, 0.717) is 5.41 Å². The van der Waals surface area contributed by atoms with Crippen molar-refractivity contribution in [1.29, 1.82) is 5.26 Å². The Morgan fingerprint density at radius 1 is 1.46 bits per heavy atom. The first-order valence-electron chi connectivity index (χ1n) is 5.04. The third-order valence-electron chi connectivity index (χ3n) is 3.15. The van der Waals surface area contributed by atoms with Gasteiger partial charge in [0.15, 0.2) is 0 Å². The average Bonchev–Trinajstić information content (AvgIpc) is 2.13. The Hall–Kier alpha value is -0.770. The van der Waals surface area contributed by atoms with Gasteiger partial charge in [0.2, 0.25) is 0 Å². The van der Waals surface area contributed by atoms with Crippen LogP contribution in [0.5, 0.6) is 0 Å². The van der Waals surface area contributed by atoms with Gasteiger partial charge in [0.1, 0.15) is 0 Å². The second-order valence-corrected chi connectivity index (χ2v) is 4.25. The highest BCUT2D eigenvalue weighted by atomic mass is 14.3. The van der Waals surface area contributed by atoms with Gasteiger partial charge >= 0.3 is 0 Å². The number of nitriles is 1. The summed E-state index contributed by atoms with van der Waals surface area (Å²) in [6.45, 7) is 12.4. The van der Waals surface area contributed by atoms with Gasteiger partial charge in [-0.05, 0) is 18.8 Å². The van der Waals surface area contributed by atoms with Gasteiger partial charge in [0.25, 0.3) is 0 Å². The van der Waals surface area contributed by atoms with E-state index in [1.165, 1.54) is 0 Å². The molecular formula is C12H21N. The maximum absolute atomic E-state index is 8.94. The van der Waals surface area contributed by atoms with Crippen LogP contribution in [0.15, 0.2) is 12.2 Å². The number of rotatable bonds is 5. The fourth-order valence-corrected chi connectivity index (χ4v) is 1.36. The molecule has 0 saturated carbocycles. The van der Waals surface area contributed by atoms with Crippen LogP contribution in [0, 0.1) is 22.7 Å². The number of nitrogens with zero attached hydrogens (tertiary/aromatic N) is 1. The van der Waals surface area contributed by atoms with Gasteiger partial charge in [-0.15, -0.1) is 0 Å². The molecule has 0 N–H and O–H groups in total. The monoisotopic (exact) mass is 179 g/mol. The molecule has 74 valence electrons. The van der Waals surface area contributed by atoms with Crippen molar-refractivity contribution in [3.63, 3.8) is 0 Å². The van der Waals surface area contributed by atoms with Crippen molar-refractivity contribution in [3.8, 4) is 6.07 Å². The largest absolute Gasteiger partial charge is 0.198 e. The first-order valence-corrected chi connectivity index (χ1v) is 5.04. The molecule has 0 radical (unpaired) electrons. The van der Waals surface area contributed by atoms with Crippen LogP contribution >= 0.6 is 0 Å². The lowest BCUT2D eigenvalue weighted by Crippen LogP contribution is -2.18. The summed E-state index contributed by atoms with van der Waals surface area (Å²) in [6, 6.07) is 2.33. The Morgan fingerprint density at radius 3 is 2.15 bits per heavy atom. The minimum Gasteiger partial charge on any atom is -0.198 e. The summed E-state index contributed by atoms with van der Waals surface area (Å²) in [7, 11) is 0. The van der Waals surface area contributed by atoms with Gasteiger partial charge in [0.05, 0.1) is 12.0 Å². The number of hydrogen-bond donors (Lipinski definition) is 0. The molecule has 0 aliphatic heterocycles. The topological polar surface area (TPSA) is 23.8 Å². The summed E-state index contributed by atoms with van der Waals surface area (Å²) >= 11 is 0. The molecule has 0 aromatic rings. The Balaban J connectivity index is 4.39. The van der Waals surface area contributed by atoms with Crippen molar-refractivity contribution in [1.82, 2.24) is 0 Å². The van der Waals surface area contributed by atoms with Crippen molar-refractivity contribution in [3.05, 3.63) is 12.2 Å². The van der Waals surface area contributed by atoms with E-state index >= 15 is 0 Å². The van der Waals surface area contributed by atoms with E-state index in [1.54, 1.807) is 0 Å². The fraction of sp³-hybridized carbons (Fsp3) is 0.750. The second kappa shape index (κ2) is 5.07. The molecule has 0 bridgehead atoms. The minimum absolute atomic E-state index is 0.0323. The predicted octanol–water partition coefficient (Wildman–Crippen LogP) is 3.92. The number of hydrogen-bond acceptors (Lipinski definition) is 1. The molecule has 0 aromatic heterocycles. The Kier molecular flexibility index (Phi) is 4.77. The average molecular weight is 179 g/mol. The van der Waals surface area contributed by atoms with Crippen LogP contribution in [0.3, 0.4) is 0 Å². The van der Waals surface area contributed by atoms with Crippen LogP contribution in [0.4, 0.5) is 0 Å². The summed E-state index contributed by atoms with van der Waals surface area (Å²) in [5, 5.41) is 8.94. The summed E-state index contributed by atoms with van der Waals surface area (Å²) in [5.74, 6) is 0.0323. The molecule has 0 heterocycles. The summed E-state index contributed by atoms with van der Waals surface area (Å²) < 4.78 is 0. The van der Waals surface area contributed by atoms with Crippen LogP contribution < -0.4 is 0 Å². The van der Waals surface area contributed by atoms with E-state index in [0.717, 1.165) is 24.8 Å². The maximum Gasteiger partial charge on any atom is 0.0700 e. The molecule has 0 rings (SSSR count). The van der Waals surface area contributed by atoms with Crippen LogP contribution in [-0.2, 0) is 0 Å². The third-order valence-corrected chi connectivity index (χ3v) is 3.15. The smallest absolute Gasteiger partial charge is 0.0700 e. The lowest BCUT2D eigenvalue weighted by atomic mass is 9.75. The molecule has 1 unspecified atom stereocenters. The SMILES string of the molecule is C=C(C)C(C#N)CC(C)(CC)CC.